The molecule has 1 saturated heterocycles. The molecule has 1 aliphatic heterocycles. The number of hydrogen-bond acceptors (Lipinski definition) is 5. The Bertz CT molecular complexity index is 711. The SMILES string of the molecule is NC(c1ccc(F)cc1)(c1cnc(N2CCNCC2)nc1)C(F)(F)F. The third-order valence-corrected chi connectivity index (χ3v) is 4.24. The van der Waals surface area contributed by atoms with Gasteiger partial charge < -0.3 is 16.0 Å². The van der Waals surface area contributed by atoms with E-state index in [1.165, 1.54) is 0 Å². The van der Waals surface area contributed by atoms with Gasteiger partial charge in [-0.1, -0.05) is 12.1 Å². The summed E-state index contributed by atoms with van der Waals surface area (Å²) in [7, 11) is 0. The van der Waals surface area contributed by atoms with Gasteiger partial charge in [0.05, 0.1) is 0 Å². The van der Waals surface area contributed by atoms with Crippen LogP contribution >= 0.6 is 0 Å². The van der Waals surface area contributed by atoms with Crippen molar-refractivity contribution in [2.75, 3.05) is 31.1 Å². The number of hydrogen-bond donors (Lipinski definition) is 2. The van der Waals surface area contributed by atoms with Crippen LogP contribution in [0.1, 0.15) is 11.1 Å². The molecule has 1 unspecified atom stereocenters. The van der Waals surface area contributed by atoms with E-state index in [-0.39, 0.29) is 11.1 Å². The molecule has 0 spiro atoms. The average Bonchev–Trinajstić information content (AvgIpc) is 2.61. The average molecular weight is 355 g/mol. The highest BCUT2D eigenvalue weighted by Crippen LogP contribution is 2.41. The van der Waals surface area contributed by atoms with E-state index >= 15 is 0 Å². The van der Waals surface area contributed by atoms with E-state index < -0.39 is 17.5 Å². The quantitative estimate of drug-likeness (QED) is 0.822. The largest absolute Gasteiger partial charge is 0.414 e. The van der Waals surface area contributed by atoms with Crippen molar-refractivity contribution in [1.29, 1.82) is 0 Å². The Hall–Kier alpha value is -2.26. The molecule has 0 bridgehead atoms. The predicted molar refractivity (Wildman–Crippen MR) is 84.5 cm³/mol. The molecule has 1 aromatic heterocycles. The van der Waals surface area contributed by atoms with Crippen LogP contribution < -0.4 is 16.0 Å². The summed E-state index contributed by atoms with van der Waals surface area (Å²) in [6, 6.07) is 3.93. The number of piperazine rings is 1. The zero-order valence-corrected chi connectivity index (χ0v) is 13.2. The molecular weight excluding hydrogens is 338 g/mol. The molecule has 1 aromatic carbocycles. The van der Waals surface area contributed by atoms with Gasteiger partial charge in [-0.15, -0.1) is 0 Å². The van der Waals surface area contributed by atoms with Crippen molar-refractivity contribution in [3.63, 3.8) is 0 Å². The van der Waals surface area contributed by atoms with Gasteiger partial charge in [0.15, 0.2) is 5.54 Å². The first-order chi connectivity index (χ1) is 11.8. The summed E-state index contributed by atoms with van der Waals surface area (Å²) >= 11 is 0. The van der Waals surface area contributed by atoms with Gasteiger partial charge >= 0.3 is 6.18 Å². The summed E-state index contributed by atoms with van der Waals surface area (Å²) in [5, 5.41) is 3.17. The van der Waals surface area contributed by atoms with Crippen LogP contribution in [0.25, 0.3) is 0 Å². The van der Waals surface area contributed by atoms with Crippen LogP contribution in [-0.2, 0) is 5.54 Å². The van der Waals surface area contributed by atoms with Gasteiger partial charge in [0, 0.05) is 44.1 Å². The van der Waals surface area contributed by atoms with E-state index in [0.29, 0.717) is 19.0 Å². The van der Waals surface area contributed by atoms with E-state index in [1.54, 1.807) is 0 Å². The third kappa shape index (κ3) is 3.29. The molecule has 134 valence electrons. The van der Waals surface area contributed by atoms with Crippen LogP contribution in [0, 0.1) is 5.82 Å². The molecule has 9 heteroatoms. The summed E-state index contributed by atoms with van der Waals surface area (Å²) in [5.41, 5.74) is 2.35. The number of alkyl halides is 3. The first-order valence-electron chi connectivity index (χ1n) is 7.72. The molecule has 0 saturated carbocycles. The minimum absolute atomic E-state index is 0.278. The second kappa shape index (κ2) is 6.57. The Labute approximate surface area is 141 Å². The van der Waals surface area contributed by atoms with Gasteiger partial charge in [-0.3, -0.25) is 0 Å². The molecule has 2 aromatic rings. The van der Waals surface area contributed by atoms with E-state index in [0.717, 1.165) is 49.7 Å². The molecule has 0 aliphatic carbocycles. The van der Waals surface area contributed by atoms with Crippen molar-refractivity contribution in [2.24, 2.45) is 5.73 Å². The Morgan fingerprint density at radius 3 is 2.04 bits per heavy atom. The summed E-state index contributed by atoms with van der Waals surface area (Å²) in [6.45, 7) is 2.85. The number of benzene rings is 1. The molecular formula is C16H17F4N5. The fourth-order valence-electron chi connectivity index (χ4n) is 2.76. The van der Waals surface area contributed by atoms with Crippen LogP contribution in [0.15, 0.2) is 36.7 Å². The lowest BCUT2D eigenvalue weighted by molar-refractivity contribution is -0.177. The van der Waals surface area contributed by atoms with Crippen LogP contribution in [0.2, 0.25) is 0 Å². The molecule has 1 fully saturated rings. The van der Waals surface area contributed by atoms with E-state index in [1.807, 2.05) is 4.90 Å². The van der Waals surface area contributed by atoms with Crippen molar-refractivity contribution in [3.05, 3.63) is 53.6 Å². The topological polar surface area (TPSA) is 67.1 Å². The maximum atomic E-state index is 13.7. The normalized spacial score (nSPS) is 18.0. The van der Waals surface area contributed by atoms with Crippen molar-refractivity contribution in [3.8, 4) is 0 Å². The molecule has 3 rings (SSSR count). The molecule has 5 nitrogen and oxygen atoms in total. The number of nitrogens with one attached hydrogen (secondary N) is 1. The number of rotatable bonds is 3. The van der Waals surface area contributed by atoms with Crippen molar-refractivity contribution in [2.45, 2.75) is 11.7 Å². The summed E-state index contributed by atoms with van der Waals surface area (Å²) in [6.07, 6.45) is -2.63. The van der Waals surface area contributed by atoms with Gasteiger partial charge in [0.25, 0.3) is 0 Å². The summed E-state index contributed by atoms with van der Waals surface area (Å²) in [4.78, 5) is 9.99. The highest BCUT2D eigenvalue weighted by Gasteiger charge is 2.55. The van der Waals surface area contributed by atoms with Crippen LogP contribution in [0.4, 0.5) is 23.5 Å². The Kier molecular flexibility index (Phi) is 4.61. The first kappa shape index (κ1) is 17.6. The van der Waals surface area contributed by atoms with E-state index in [9.17, 15) is 17.6 Å². The van der Waals surface area contributed by atoms with Gasteiger partial charge in [0.2, 0.25) is 5.95 Å². The summed E-state index contributed by atoms with van der Waals surface area (Å²) < 4.78 is 54.3. The van der Waals surface area contributed by atoms with E-state index in [2.05, 4.69) is 15.3 Å². The molecule has 1 atom stereocenters. The molecule has 0 radical (unpaired) electrons. The highest BCUT2D eigenvalue weighted by atomic mass is 19.4. The lowest BCUT2D eigenvalue weighted by Gasteiger charge is -2.33. The molecule has 25 heavy (non-hydrogen) atoms. The number of nitrogens with zero attached hydrogens (tertiary/aromatic N) is 3. The van der Waals surface area contributed by atoms with Crippen molar-refractivity contribution >= 4 is 5.95 Å². The maximum Gasteiger partial charge on any atom is 0.414 e. The summed E-state index contributed by atoms with van der Waals surface area (Å²) in [5.74, 6) is -0.285. The lowest BCUT2D eigenvalue weighted by Crippen LogP contribution is -2.51. The number of nitrogens with two attached hydrogens (primary N) is 1. The Balaban J connectivity index is 1.98. The molecule has 1 aliphatic rings. The van der Waals surface area contributed by atoms with Crippen LogP contribution in [0.5, 0.6) is 0 Å². The fraction of sp³-hybridized carbons (Fsp3) is 0.375. The van der Waals surface area contributed by atoms with Gasteiger partial charge in [0.1, 0.15) is 5.82 Å². The lowest BCUT2D eigenvalue weighted by atomic mass is 9.84. The molecule has 0 amide bonds. The van der Waals surface area contributed by atoms with Crippen LogP contribution in [0.3, 0.4) is 0 Å². The number of anilines is 1. The van der Waals surface area contributed by atoms with Gasteiger partial charge in [-0.2, -0.15) is 13.2 Å². The highest BCUT2D eigenvalue weighted by molar-refractivity contribution is 5.40. The second-order valence-corrected chi connectivity index (χ2v) is 5.82. The van der Waals surface area contributed by atoms with Crippen molar-refractivity contribution < 1.29 is 17.6 Å². The minimum atomic E-state index is -4.80. The zero-order valence-electron chi connectivity index (χ0n) is 13.2. The predicted octanol–water partition coefficient (Wildman–Crippen LogP) is 1.79. The Morgan fingerprint density at radius 1 is 0.960 bits per heavy atom. The smallest absolute Gasteiger partial charge is 0.338 e. The minimum Gasteiger partial charge on any atom is -0.338 e. The number of aromatic nitrogens is 2. The molecule has 2 heterocycles. The third-order valence-electron chi connectivity index (χ3n) is 4.24. The zero-order chi connectivity index (χ0) is 18.1. The Morgan fingerprint density at radius 2 is 1.52 bits per heavy atom. The standard InChI is InChI=1S/C16H17F4N5/c17-13-3-1-11(2-4-13)15(21,16(18,19)20)12-9-23-14(24-10-12)25-7-5-22-6-8-25/h1-4,9-10,22H,5-8,21H2. The number of halogens is 4. The van der Waals surface area contributed by atoms with Crippen LogP contribution in [-0.4, -0.2) is 42.3 Å². The monoisotopic (exact) mass is 355 g/mol. The molecule has 3 N–H and O–H groups in total. The first-order valence-corrected chi connectivity index (χ1v) is 7.72. The fourth-order valence-corrected chi connectivity index (χ4v) is 2.76. The van der Waals surface area contributed by atoms with E-state index in [4.69, 9.17) is 5.73 Å². The van der Waals surface area contributed by atoms with Gasteiger partial charge in [-0.25, -0.2) is 14.4 Å². The van der Waals surface area contributed by atoms with Crippen molar-refractivity contribution in [1.82, 2.24) is 15.3 Å². The van der Waals surface area contributed by atoms with Gasteiger partial charge in [-0.05, 0) is 17.7 Å². The maximum absolute atomic E-state index is 13.7. The second-order valence-electron chi connectivity index (χ2n) is 5.82.